The zero-order valence-electron chi connectivity index (χ0n) is 27.0. The molecule has 0 saturated carbocycles. The Morgan fingerprint density at radius 1 is 1.12 bits per heavy atom. The highest BCUT2D eigenvalue weighted by molar-refractivity contribution is 6.41. The Hall–Kier alpha value is -4.32. The number of benzene rings is 3. The van der Waals surface area contributed by atoms with E-state index in [1.54, 1.807) is 56.1 Å². The molecule has 48 heavy (non-hydrogen) atoms. The largest absolute Gasteiger partial charge is 0.418 e. The Labute approximate surface area is 285 Å². The van der Waals surface area contributed by atoms with Crippen LogP contribution in [0.25, 0.3) is 5.70 Å². The number of anilines is 4. The molecule has 1 atom stereocenters. The van der Waals surface area contributed by atoms with Crippen LogP contribution in [0.15, 0.2) is 74.2 Å². The predicted molar refractivity (Wildman–Crippen MR) is 188 cm³/mol. The van der Waals surface area contributed by atoms with Crippen LogP contribution in [0.2, 0.25) is 5.02 Å². The fourth-order valence-corrected chi connectivity index (χ4v) is 5.47. The van der Waals surface area contributed by atoms with Crippen LogP contribution in [0, 0.1) is 12.7 Å². The number of nitrogens with one attached hydrogen (secondary N) is 2. The first-order valence-electron chi connectivity index (χ1n) is 14.3. The van der Waals surface area contributed by atoms with Crippen molar-refractivity contribution in [3.05, 3.63) is 113 Å². The molecule has 0 aliphatic carbocycles. The summed E-state index contributed by atoms with van der Waals surface area (Å²) in [4.78, 5) is 3.12. The summed E-state index contributed by atoms with van der Waals surface area (Å²) in [7, 11) is 14.8. The van der Waals surface area contributed by atoms with Crippen molar-refractivity contribution in [1.82, 2.24) is 5.32 Å². The summed E-state index contributed by atoms with van der Waals surface area (Å²) in [5.74, 6) is -1.18. The molecule has 6 N–H and O–H groups in total. The summed E-state index contributed by atoms with van der Waals surface area (Å²) in [5.41, 5.74) is 12.1. The third-order valence-electron chi connectivity index (χ3n) is 7.31. The molecular weight excluding hydrogens is 651 g/mol. The first-order valence-corrected chi connectivity index (χ1v) is 14.7. The average molecular weight is 689 g/mol. The summed E-state index contributed by atoms with van der Waals surface area (Å²) < 4.78 is 79.2. The monoisotopic (exact) mass is 688 g/mol. The van der Waals surface area contributed by atoms with E-state index in [4.69, 9.17) is 38.8 Å². The van der Waals surface area contributed by atoms with Crippen molar-refractivity contribution in [1.29, 1.82) is 0 Å². The van der Waals surface area contributed by atoms with Crippen molar-refractivity contribution < 1.29 is 26.3 Å². The van der Waals surface area contributed by atoms with Gasteiger partial charge in [-0.3, -0.25) is 4.39 Å². The lowest BCUT2D eigenvalue weighted by Gasteiger charge is -2.41. The van der Waals surface area contributed by atoms with Gasteiger partial charge in [0.15, 0.2) is 0 Å². The van der Waals surface area contributed by atoms with Crippen LogP contribution in [-0.2, 0) is 6.18 Å². The Kier molecular flexibility index (Phi) is 13.8. The Morgan fingerprint density at radius 3 is 2.25 bits per heavy atom. The molecule has 0 heterocycles. The number of hydrogen-bond acceptors (Lipinski definition) is 6. The van der Waals surface area contributed by atoms with Gasteiger partial charge in [-0.25, -0.2) is 8.78 Å². The van der Waals surface area contributed by atoms with Gasteiger partial charge in [0.05, 0.1) is 57.2 Å². The smallest absolute Gasteiger partial charge is 0.403 e. The maximum Gasteiger partial charge on any atom is 0.418 e. The van der Waals surface area contributed by atoms with Crippen molar-refractivity contribution in [3.63, 3.8) is 0 Å². The molecule has 3 rings (SSSR count). The molecule has 0 aromatic heterocycles. The minimum Gasteiger partial charge on any atom is -0.403 e. The van der Waals surface area contributed by atoms with E-state index in [0.29, 0.717) is 46.3 Å². The molecule has 6 nitrogen and oxygen atoms in total. The predicted octanol–water partition coefficient (Wildman–Crippen LogP) is 7.53. The van der Waals surface area contributed by atoms with Gasteiger partial charge in [-0.15, -0.1) is 0 Å². The standard InChI is InChI=1S/C32H34B2ClF5N6.CH3F/c1-6-43-29(20-10-8-9-11-23(20)35)27-18(3)30(46(7-2)31(4,33)34)26(45(5)13-12-36)16-24(27)44-25(17-41)21-14-19(37)15-22(28(21)42)32(38,39)40;1-2/h6-11,14-17,29,43-44H,1-2,12-13,41-42H2,3-5H3;1H3/b25-17+;. The zero-order valence-corrected chi connectivity index (χ0v) is 27.8. The van der Waals surface area contributed by atoms with E-state index in [1.165, 1.54) is 17.3 Å². The molecule has 15 heteroatoms. The van der Waals surface area contributed by atoms with Gasteiger partial charge in [-0.05, 0) is 60.1 Å². The van der Waals surface area contributed by atoms with E-state index in [1.807, 2.05) is 0 Å². The zero-order chi connectivity index (χ0) is 36.6. The molecule has 3 aromatic rings. The van der Waals surface area contributed by atoms with Crippen molar-refractivity contribution in [2.75, 3.05) is 48.3 Å². The second kappa shape index (κ2) is 16.7. The molecule has 4 radical (unpaired) electrons. The van der Waals surface area contributed by atoms with Crippen molar-refractivity contribution in [2.45, 2.75) is 31.4 Å². The number of hydrogen-bond donors (Lipinski definition) is 4. The van der Waals surface area contributed by atoms with E-state index >= 15 is 0 Å². The highest BCUT2D eigenvalue weighted by atomic mass is 35.5. The Balaban J connectivity index is 0.00000392. The fourth-order valence-electron chi connectivity index (χ4n) is 5.23. The summed E-state index contributed by atoms with van der Waals surface area (Å²) in [6.07, 6.45) is -1.10. The van der Waals surface area contributed by atoms with E-state index < -0.39 is 41.3 Å². The van der Waals surface area contributed by atoms with Crippen molar-refractivity contribution in [3.8, 4) is 0 Å². The molecule has 0 bridgehead atoms. The lowest BCUT2D eigenvalue weighted by molar-refractivity contribution is -0.137. The highest BCUT2D eigenvalue weighted by Gasteiger charge is 2.36. The quantitative estimate of drug-likeness (QED) is 0.0845. The van der Waals surface area contributed by atoms with Gasteiger partial charge in [0.25, 0.3) is 0 Å². The number of nitrogen functional groups attached to an aromatic ring is 1. The highest BCUT2D eigenvalue weighted by Crippen LogP contribution is 2.46. The summed E-state index contributed by atoms with van der Waals surface area (Å²) >= 11 is 6.65. The molecule has 3 aromatic carbocycles. The lowest BCUT2D eigenvalue weighted by Crippen LogP contribution is -2.45. The molecule has 0 aliphatic heterocycles. The molecule has 0 amide bonds. The summed E-state index contributed by atoms with van der Waals surface area (Å²) in [5, 5.41) is 5.16. The van der Waals surface area contributed by atoms with Crippen LogP contribution in [-0.4, -0.2) is 48.5 Å². The van der Waals surface area contributed by atoms with Crippen LogP contribution in [0.3, 0.4) is 0 Å². The first kappa shape index (κ1) is 39.9. The van der Waals surface area contributed by atoms with Gasteiger partial charge >= 0.3 is 6.18 Å². The number of nitrogens with two attached hydrogens (primary N) is 2. The van der Waals surface area contributed by atoms with Crippen LogP contribution in [0.5, 0.6) is 0 Å². The van der Waals surface area contributed by atoms with Crippen LogP contribution in [0.1, 0.15) is 40.8 Å². The maximum absolute atomic E-state index is 14.6. The molecule has 1 unspecified atom stereocenters. The van der Waals surface area contributed by atoms with Crippen LogP contribution in [0.4, 0.5) is 49.1 Å². The average Bonchev–Trinajstić information content (AvgIpc) is 3.01. The van der Waals surface area contributed by atoms with Gasteiger partial charge in [0.1, 0.15) is 12.5 Å². The van der Waals surface area contributed by atoms with E-state index in [-0.39, 0.29) is 23.5 Å². The minimum absolute atomic E-state index is 0.0493. The third-order valence-corrected chi connectivity index (χ3v) is 7.66. The van der Waals surface area contributed by atoms with Crippen molar-refractivity contribution in [2.24, 2.45) is 5.73 Å². The summed E-state index contributed by atoms with van der Waals surface area (Å²) in [6, 6.07) is 9.01. The third kappa shape index (κ3) is 8.77. The number of rotatable bonds is 13. The second-order valence-corrected chi connectivity index (χ2v) is 11.1. The molecule has 0 spiro atoms. The first-order chi connectivity index (χ1) is 22.5. The molecule has 254 valence electrons. The summed E-state index contributed by atoms with van der Waals surface area (Å²) in [6.45, 7) is 10.2. The normalized spacial score (nSPS) is 12.4. The minimum atomic E-state index is -4.94. The van der Waals surface area contributed by atoms with E-state index in [0.717, 1.165) is 12.3 Å². The fraction of sp³-hybridized carbons (Fsp3) is 0.273. The number of halogens is 7. The van der Waals surface area contributed by atoms with Crippen molar-refractivity contribution >= 4 is 55.7 Å². The van der Waals surface area contributed by atoms with Crippen LogP contribution >= 0.6 is 11.6 Å². The SMILES string of the molecule is CF.[B]C([B])(C)N(C=C)c1c(N(C)CCF)cc(N/C(=C/N)c2cc(F)cc(C(F)(F)F)c2N)c(C(NC=C)c2ccccc2Cl)c1C. The van der Waals surface area contributed by atoms with Gasteiger partial charge < -0.3 is 31.9 Å². The molecule has 0 fully saturated rings. The maximum atomic E-state index is 14.6. The van der Waals surface area contributed by atoms with Gasteiger partial charge in [0, 0.05) is 41.6 Å². The van der Waals surface area contributed by atoms with Crippen LogP contribution < -0.4 is 31.9 Å². The lowest BCUT2D eigenvalue weighted by atomic mass is 9.62. The Morgan fingerprint density at radius 2 is 1.75 bits per heavy atom. The Bertz CT molecular complexity index is 1630. The molecule has 0 aliphatic rings. The second-order valence-electron chi connectivity index (χ2n) is 10.7. The number of nitrogens with zero attached hydrogens (tertiary/aromatic N) is 2. The van der Waals surface area contributed by atoms with Gasteiger partial charge in [0.2, 0.25) is 0 Å². The molecular formula is C33H37B2ClF6N6. The van der Waals surface area contributed by atoms with E-state index in [9.17, 15) is 26.3 Å². The number of alkyl halides is 5. The molecule has 0 saturated heterocycles. The van der Waals surface area contributed by atoms with E-state index in [2.05, 4.69) is 23.8 Å². The van der Waals surface area contributed by atoms with Gasteiger partial charge in [-0.2, -0.15) is 13.2 Å². The van der Waals surface area contributed by atoms with Gasteiger partial charge in [-0.1, -0.05) is 49.9 Å². The topological polar surface area (TPSA) is 82.6 Å².